The highest BCUT2D eigenvalue weighted by Crippen LogP contribution is 2.32. The van der Waals surface area contributed by atoms with Gasteiger partial charge in [0, 0.05) is 18.9 Å². The molecule has 0 radical (unpaired) electrons. The lowest BCUT2D eigenvalue weighted by molar-refractivity contribution is -0.144. The molecule has 148 valence electrons. The first-order valence-electron chi connectivity index (χ1n) is 9.45. The monoisotopic (exact) mass is 380 g/mol. The summed E-state index contributed by atoms with van der Waals surface area (Å²) in [5.41, 5.74) is 2.33. The van der Waals surface area contributed by atoms with Gasteiger partial charge in [0.1, 0.15) is 5.75 Å². The first kappa shape index (κ1) is 19.9. The van der Waals surface area contributed by atoms with Crippen molar-refractivity contribution in [3.63, 3.8) is 0 Å². The SMILES string of the molecule is COc1ccc(CC2(C)OC(c3ccc(C(C)(C)C)cc3)=NN2C(C)=O)cc1. The topological polar surface area (TPSA) is 51.1 Å². The molecule has 1 aliphatic heterocycles. The molecule has 1 amide bonds. The number of carbonyl (C=O) groups excluding carboxylic acids is 1. The maximum atomic E-state index is 12.2. The number of amides is 1. The van der Waals surface area contributed by atoms with Crippen LogP contribution in [0.15, 0.2) is 53.6 Å². The van der Waals surface area contributed by atoms with Crippen molar-refractivity contribution in [2.75, 3.05) is 7.11 Å². The average Bonchev–Trinajstić information content (AvgIpc) is 2.99. The Labute approximate surface area is 167 Å². The van der Waals surface area contributed by atoms with Crippen molar-refractivity contribution in [3.8, 4) is 5.75 Å². The van der Waals surface area contributed by atoms with Crippen molar-refractivity contribution >= 4 is 11.8 Å². The third-order valence-corrected chi connectivity index (χ3v) is 4.94. The van der Waals surface area contributed by atoms with E-state index >= 15 is 0 Å². The van der Waals surface area contributed by atoms with E-state index in [9.17, 15) is 4.79 Å². The third-order valence-electron chi connectivity index (χ3n) is 4.94. The van der Waals surface area contributed by atoms with Crippen LogP contribution >= 0.6 is 0 Å². The predicted molar refractivity (Wildman–Crippen MR) is 110 cm³/mol. The molecule has 1 aliphatic rings. The summed E-state index contributed by atoms with van der Waals surface area (Å²) < 4.78 is 11.4. The van der Waals surface area contributed by atoms with Gasteiger partial charge >= 0.3 is 0 Å². The number of hydrogen-bond donors (Lipinski definition) is 0. The summed E-state index contributed by atoms with van der Waals surface area (Å²) in [6.07, 6.45) is 0.518. The molecule has 0 aromatic heterocycles. The lowest BCUT2D eigenvalue weighted by atomic mass is 9.87. The highest BCUT2D eigenvalue weighted by Gasteiger charge is 2.43. The zero-order chi connectivity index (χ0) is 20.5. The lowest BCUT2D eigenvalue weighted by Crippen LogP contribution is -2.45. The standard InChI is InChI=1S/C23H28N2O3/c1-16(26)25-23(5,15-17-7-13-20(27-6)14-8-17)28-21(24-25)18-9-11-19(12-10-18)22(2,3)4/h7-14H,15H2,1-6H3. The fraction of sp³-hybridized carbons (Fsp3) is 0.391. The van der Waals surface area contributed by atoms with E-state index in [4.69, 9.17) is 9.47 Å². The molecule has 1 atom stereocenters. The van der Waals surface area contributed by atoms with Gasteiger partial charge in [0.2, 0.25) is 17.5 Å². The molecule has 0 N–H and O–H groups in total. The zero-order valence-corrected chi connectivity index (χ0v) is 17.4. The van der Waals surface area contributed by atoms with Crippen molar-refractivity contribution in [2.45, 2.75) is 52.2 Å². The van der Waals surface area contributed by atoms with E-state index in [0.717, 1.165) is 16.9 Å². The first-order valence-corrected chi connectivity index (χ1v) is 9.45. The van der Waals surface area contributed by atoms with Crippen LogP contribution in [0, 0.1) is 0 Å². The Hall–Kier alpha value is -2.82. The van der Waals surface area contributed by atoms with Gasteiger partial charge in [-0.1, -0.05) is 45.0 Å². The minimum atomic E-state index is -0.877. The Bertz CT molecular complexity index is 880. The summed E-state index contributed by atoms with van der Waals surface area (Å²) in [7, 11) is 1.64. The summed E-state index contributed by atoms with van der Waals surface area (Å²) in [4.78, 5) is 12.2. The number of methoxy groups -OCH3 is 1. The summed E-state index contributed by atoms with van der Waals surface area (Å²) in [6, 6.07) is 15.9. The fourth-order valence-electron chi connectivity index (χ4n) is 3.33. The zero-order valence-electron chi connectivity index (χ0n) is 17.4. The van der Waals surface area contributed by atoms with Gasteiger partial charge in [-0.05, 0) is 47.7 Å². The second kappa shape index (κ2) is 7.30. The molecule has 0 fully saturated rings. The van der Waals surface area contributed by atoms with E-state index in [-0.39, 0.29) is 11.3 Å². The van der Waals surface area contributed by atoms with Crippen LogP contribution in [0.2, 0.25) is 0 Å². The maximum absolute atomic E-state index is 12.2. The Balaban J connectivity index is 1.85. The van der Waals surface area contributed by atoms with Crippen LogP contribution in [-0.2, 0) is 21.4 Å². The number of hydrogen-bond acceptors (Lipinski definition) is 4. The van der Waals surface area contributed by atoms with Crippen LogP contribution in [0.3, 0.4) is 0 Å². The Morgan fingerprint density at radius 2 is 1.71 bits per heavy atom. The van der Waals surface area contributed by atoms with Gasteiger partial charge in [-0.3, -0.25) is 4.79 Å². The van der Waals surface area contributed by atoms with Crippen molar-refractivity contribution in [1.82, 2.24) is 5.01 Å². The van der Waals surface area contributed by atoms with Gasteiger partial charge in [-0.25, -0.2) is 0 Å². The van der Waals surface area contributed by atoms with Gasteiger partial charge in [0.25, 0.3) is 0 Å². The molecule has 5 heteroatoms. The Morgan fingerprint density at radius 1 is 1.11 bits per heavy atom. The molecule has 28 heavy (non-hydrogen) atoms. The van der Waals surface area contributed by atoms with E-state index in [1.807, 2.05) is 43.3 Å². The summed E-state index contributed by atoms with van der Waals surface area (Å²) in [5.74, 6) is 1.10. The Kier molecular flexibility index (Phi) is 5.20. The molecule has 1 heterocycles. The van der Waals surface area contributed by atoms with Crippen molar-refractivity contribution in [3.05, 3.63) is 65.2 Å². The number of hydrazone groups is 1. The molecule has 2 aromatic carbocycles. The van der Waals surface area contributed by atoms with E-state index < -0.39 is 5.72 Å². The third kappa shape index (κ3) is 4.03. The van der Waals surface area contributed by atoms with E-state index in [1.54, 1.807) is 7.11 Å². The highest BCUT2D eigenvalue weighted by atomic mass is 16.6. The van der Waals surface area contributed by atoms with Crippen LogP contribution in [-0.4, -0.2) is 29.6 Å². The number of ether oxygens (including phenoxy) is 2. The van der Waals surface area contributed by atoms with Gasteiger partial charge < -0.3 is 9.47 Å². The molecule has 0 spiro atoms. The normalized spacial score (nSPS) is 19.2. The summed E-state index contributed by atoms with van der Waals surface area (Å²) in [5, 5.41) is 5.92. The molecular weight excluding hydrogens is 352 g/mol. The molecule has 1 unspecified atom stereocenters. The van der Waals surface area contributed by atoms with Crippen molar-refractivity contribution in [1.29, 1.82) is 0 Å². The van der Waals surface area contributed by atoms with E-state index in [1.165, 1.54) is 17.5 Å². The van der Waals surface area contributed by atoms with Crippen molar-refractivity contribution < 1.29 is 14.3 Å². The number of benzene rings is 2. The average molecular weight is 380 g/mol. The first-order chi connectivity index (χ1) is 13.1. The lowest BCUT2D eigenvalue weighted by Gasteiger charge is -2.30. The largest absolute Gasteiger partial charge is 0.497 e. The van der Waals surface area contributed by atoms with Crippen LogP contribution in [0.1, 0.15) is 51.3 Å². The molecule has 3 rings (SSSR count). The summed E-state index contributed by atoms with van der Waals surface area (Å²) >= 11 is 0. The Morgan fingerprint density at radius 3 is 2.21 bits per heavy atom. The van der Waals surface area contributed by atoms with Crippen LogP contribution in [0.4, 0.5) is 0 Å². The summed E-state index contributed by atoms with van der Waals surface area (Å²) in [6.45, 7) is 9.92. The molecule has 0 bridgehead atoms. The van der Waals surface area contributed by atoms with Gasteiger partial charge in [-0.15, -0.1) is 5.10 Å². The molecular formula is C23H28N2O3. The van der Waals surface area contributed by atoms with Crippen LogP contribution < -0.4 is 4.74 Å². The minimum Gasteiger partial charge on any atom is -0.497 e. The molecule has 5 nitrogen and oxygen atoms in total. The van der Waals surface area contributed by atoms with E-state index in [2.05, 4.69) is 38.0 Å². The number of rotatable bonds is 4. The fourth-order valence-corrected chi connectivity index (χ4v) is 3.33. The second-order valence-electron chi connectivity index (χ2n) is 8.37. The number of nitrogens with zero attached hydrogens (tertiary/aromatic N) is 2. The molecule has 2 aromatic rings. The van der Waals surface area contributed by atoms with E-state index in [0.29, 0.717) is 12.3 Å². The molecule has 0 saturated carbocycles. The van der Waals surface area contributed by atoms with Crippen LogP contribution in [0.25, 0.3) is 0 Å². The van der Waals surface area contributed by atoms with Crippen molar-refractivity contribution in [2.24, 2.45) is 5.10 Å². The maximum Gasteiger partial charge on any atom is 0.243 e. The quantitative estimate of drug-likeness (QED) is 0.785. The smallest absolute Gasteiger partial charge is 0.243 e. The van der Waals surface area contributed by atoms with Gasteiger partial charge in [0.15, 0.2) is 0 Å². The van der Waals surface area contributed by atoms with Gasteiger partial charge in [0.05, 0.1) is 7.11 Å². The number of carbonyl (C=O) groups is 1. The van der Waals surface area contributed by atoms with Crippen LogP contribution in [0.5, 0.6) is 5.75 Å². The van der Waals surface area contributed by atoms with Gasteiger partial charge in [-0.2, -0.15) is 5.01 Å². The highest BCUT2D eigenvalue weighted by molar-refractivity contribution is 5.96. The second-order valence-corrected chi connectivity index (χ2v) is 8.37. The molecule has 0 aliphatic carbocycles. The minimum absolute atomic E-state index is 0.0746. The molecule has 0 saturated heterocycles. The predicted octanol–water partition coefficient (Wildman–Crippen LogP) is 4.49.